The van der Waals surface area contributed by atoms with E-state index in [-0.39, 0.29) is 5.75 Å². The lowest BCUT2D eigenvalue weighted by atomic mass is 10.3. The van der Waals surface area contributed by atoms with E-state index in [4.69, 9.17) is 17.3 Å². The van der Waals surface area contributed by atoms with Crippen molar-refractivity contribution in [3.63, 3.8) is 0 Å². The number of rotatable bonds is 3. The van der Waals surface area contributed by atoms with Crippen molar-refractivity contribution < 1.29 is 8.60 Å². The van der Waals surface area contributed by atoms with Crippen LogP contribution in [0.2, 0.25) is 5.02 Å². The Kier molecular flexibility index (Phi) is 3.93. The molecule has 18 heavy (non-hydrogen) atoms. The van der Waals surface area contributed by atoms with Gasteiger partial charge in [-0.05, 0) is 29.8 Å². The lowest BCUT2D eigenvalue weighted by Gasteiger charge is -2.05. The van der Waals surface area contributed by atoms with Crippen LogP contribution in [0.5, 0.6) is 0 Å². The van der Waals surface area contributed by atoms with E-state index in [0.717, 1.165) is 6.20 Å². The molecular weight excluding hydrogens is 275 g/mol. The van der Waals surface area contributed by atoms with Gasteiger partial charge in [0, 0.05) is 11.9 Å². The highest BCUT2D eigenvalue weighted by molar-refractivity contribution is 7.84. The summed E-state index contributed by atoms with van der Waals surface area (Å²) in [5.74, 6) is -0.309. The van der Waals surface area contributed by atoms with Crippen molar-refractivity contribution in [2.45, 2.75) is 10.6 Å². The second-order valence-corrected chi connectivity index (χ2v) is 5.52. The molecule has 2 N–H and O–H groups in total. The van der Waals surface area contributed by atoms with Gasteiger partial charge in [-0.15, -0.1) is 0 Å². The molecule has 1 heterocycles. The first kappa shape index (κ1) is 13.0. The zero-order chi connectivity index (χ0) is 13.1. The Bertz CT molecular complexity index is 606. The zero-order valence-electron chi connectivity index (χ0n) is 9.27. The third-order valence-corrected chi connectivity index (χ3v) is 4.13. The molecule has 3 nitrogen and oxygen atoms in total. The van der Waals surface area contributed by atoms with Gasteiger partial charge in [-0.3, -0.25) is 9.19 Å². The summed E-state index contributed by atoms with van der Waals surface area (Å²) in [5, 5.41) is 0.381. The second-order valence-electron chi connectivity index (χ2n) is 3.69. The van der Waals surface area contributed by atoms with Gasteiger partial charge in [0.15, 0.2) is 0 Å². The van der Waals surface area contributed by atoms with Crippen LogP contribution in [0.15, 0.2) is 41.6 Å². The Morgan fingerprint density at radius 2 is 2.11 bits per heavy atom. The first-order valence-corrected chi connectivity index (χ1v) is 6.79. The fourth-order valence-corrected chi connectivity index (χ4v) is 3.00. The fraction of sp³-hybridized carbons (Fsp3) is 0.0833. The molecule has 1 aromatic carbocycles. The van der Waals surface area contributed by atoms with Gasteiger partial charge >= 0.3 is 0 Å². The SMILES string of the molecule is Nc1ccc(Cl)c(S(=O)Cc2cncc(F)c2)c1. The normalized spacial score (nSPS) is 12.3. The van der Waals surface area contributed by atoms with Crippen LogP contribution < -0.4 is 5.73 Å². The molecule has 0 radical (unpaired) electrons. The molecule has 6 heteroatoms. The summed E-state index contributed by atoms with van der Waals surface area (Å²) in [5.41, 5.74) is 6.65. The maximum atomic E-state index is 13.0. The van der Waals surface area contributed by atoms with Crippen molar-refractivity contribution in [2.24, 2.45) is 0 Å². The van der Waals surface area contributed by atoms with Crippen LogP contribution in [0.1, 0.15) is 5.56 Å². The third-order valence-electron chi connectivity index (χ3n) is 2.26. The lowest BCUT2D eigenvalue weighted by molar-refractivity contribution is 0.619. The minimum Gasteiger partial charge on any atom is -0.399 e. The van der Waals surface area contributed by atoms with Crippen LogP contribution in [0, 0.1) is 5.82 Å². The molecular formula is C12H10ClFN2OS. The summed E-state index contributed by atoms with van der Waals surface area (Å²) in [6.45, 7) is 0. The van der Waals surface area contributed by atoms with Gasteiger partial charge in [-0.2, -0.15) is 0 Å². The molecule has 0 saturated carbocycles. The highest BCUT2D eigenvalue weighted by atomic mass is 35.5. The first-order valence-electron chi connectivity index (χ1n) is 5.09. The van der Waals surface area contributed by atoms with E-state index in [9.17, 15) is 8.60 Å². The van der Waals surface area contributed by atoms with E-state index >= 15 is 0 Å². The van der Waals surface area contributed by atoms with Gasteiger partial charge in [-0.25, -0.2) is 4.39 Å². The van der Waals surface area contributed by atoms with E-state index in [1.165, 1.54) is 12.3 Å². The van der Waals surface area contributed by atoms with Crippen molar-refractivity contribution >= 4 is 28.1 Å². The predicted molar refractivity (Wildman–Crippen MR) is 70.2 cm³/mol. The number of anilines is 1. The topological polar surface area (TPSA) is 56.0 Å². The van der Waals surface area contributed by atoms with E-state index in [2.05, 4.69) is 4.98 Å². The number of pyridine rings is 1. The van der Waals surface area contributed by atoms with Crippen molar-refractivity contribution in [3.05, 3.63) is 53.1 Å². The molecule has 94 valence electrons. The minimum atomic E-state index is -1.38. The standard InChI is InChI=1S/C12H10ClFN2OS/c13-11-2-1-10(15)4-12(11)18(17)7-8-3-9(14)6-16-5-8/h1-6H,7,15H2. The van der Waals surface area contributed by atoms with Gasteiger partial charge in [0.2, 0.25) is 0 Å². The molecule has 1 unspecified atom stereocenters. The van der Waals surface area contributed by atoms with Gasteiger partial charge < -0.3 is 5.73 Å². The molecule has 0 amide bonds. The van der Waals surface area contributed by atoms with Crippen molar-refractivity contribution in [3.8, 4) is 0 Å². The molecule has 0 aliphatic rings. The summed E-state index contributed by atoms with van der Waals surface area (Å²) in [6, 6.07) is 6.08. The van der Waals surface area contributed by atoms with Crippen molar-refractivity contribution in [2.75, 3.05) is 5.73 Å². The zero-order valence-corrected chi connectivity index (χ0v) is 10.8. The Labute approximate surface area is 111 Å². The highest BCUT2D eigenvalue weighted by Gasteiger charge is 2.10. The number of hydrogen-bond acceptors (Lipinski definition) is 3. The molecule has 2 rings (SSSR count). The van der Waals surface area contributed by atoms with Crippen molar-refractivity contribution in [1.82, 2.24) is 4.98 Å². The average molecular weight is 285 g/mol. The van der Waals surface area contributed by atoms with E-state index in [1.54, 1.807) is 18.2 Å². The Balaban J connectivity index is 2.24. The Morgan fingerprint density at radius 3 is 2.83 bits per heavy atom. The average Bonchev–Trinajstić information content (AvgIpc) is 2.32. The predicted octanol–water partition coefficient (Wildman–Crippen LogP) is 2.76. The number of nitrogens with zero attached hydrogens (tertiary/aromatic N) is 1. The van der Waals surface area contributed by atoms with E-state index < -0.39 is 16.6 Å². The first-order chi connectivity index (χ1) is 8.56. The fourth-order valence-electron chi connectivity index (χ4n) is 1.46. The van der Waals surface area contributed by atoms with E-state index in [0.29, 0.717) is 21.2 Å². The van der Waals surface area contributed by atoms with E-state index in [1.807, 2.05) is 0 Å². The molecule has 2 aromatic rings. The quantitative estimate of drug-likeness (QED) is 0.882. The molecule has 0 aliphatic heterocycles. The molecule has 0 spiro atoms. The molecule has 0 bridgehead atoms. The van der Waals surface area contributed by atoms with Crippen molar-refractivity contribution in [1.29, 1.82) is 0 Å². The van der Waals surface area contributed by atoms with Gasteiger partial charge in [0.1, 0.15) is 5.82 Å². The Morgan fingerprint density at radius 1 is 1.33 bits per heavy atom. The molecule has 1 atom stereocenters. The highest BCUT2D eigenvalue weighted by Crippen LogP contribution is 2.24. The van der Waals surface area contributed by atoms with Crippen LogP contribution >= 0.6 is 11.6 Å². The smallest absolute Gasteiger partial charge is 0.141 e. The van der Waals surface area contributed by atoms with Gasteiger partial charge in [0.25, 0.3) is 0 Å². The Hall–Kier alpha value is -1.46. The van der Waals surface area contributed by atoms with Crippen LogP contribution in [-0.4, -0.2) is 9.19 Å². The number of nitrogen functional groups attached to an aromatic ring is 1. The summed E-state index contributed by atoms with van der Waals surface area (Å²) in [4.78, 5) is 4.15. The largest absolute Gasteiger partial charge is 0.399 e. The number of hydrogen-bond donors (Lipinski definition) is 1. The second kappa shape index (κ2) is 5.46. The molecule has 0 saturated heterocycles. The summed E-state index contributed by atoms with van der Waals surface area (Å²) >= 11 is 5.95. The maximum Gasteiger partial charge on any atom is 0.141 e. The monoisotopic (exact) mass is 284 g/mol. The van der Waals surface area contributed by atoms with Crippen LogP contribution in [-0.2, 0) is 16.6 Å². The third kappa shape index (κ3) is 3.05. The minimum absolute atomic E-state index is 0.147. The summed E-state index contributed by atoms with van der Waals surface area (Å²) in [7, 11) is -1.38. The molecule has 1 aromatic heterocycles. The summed E-state index contributed by atoms with van der Waals surface area (Å²) in [6.07, 6.45) is 2.57. The van der Waals surface area contributed by atoms with Gasteiger partial charge in [0.05, 0.1) is 32.7 Å². The summed E-state index contributed by atoms with van der Waals surface area (Å²) < 4.78 is 25.1. The molecule has 0 aliphatic carbocycles. The lowest BCUT2D eigenvalue weighted by Crippen LogP contribution is -1.99. The van der Waals surface area contributed by atoms with Crippen LogP contribution in [0.25, 0.3) is 0 Å². The molecule has 0 fully saturated rings. The van der Waals surface area contributed by atoms with Gasteiger partial charge in [-0.1, -0.05) is 11.6 Å². The number of nitrogens with two attached hydrogens (primary N) is 1. The van der Waals surface area contributed by atoms with Crippen LogP contribution in [0.4, 0.5) is 10.1 Å². The van der Waals surface area contributed by atoms with Crippen LogP contribution in [0.3, 0.4) is 0 Å². The number of halogens is 2. The number of aromatic nitrogens is 1. The maximum absolute atomic E-state index is 13.0. The number of benzene rings is 1.